The normalized spacial score (nSPS) is 12.1. The summed E-state index contributed by atoms with van der Waals surface area (Å²) < 4.78 is 5.19. The molecule has 0 unspecified atom stereocenters. The van der Waals surface area contributed by atoms with E-state index < -0.39 is 0 Å². The number of nitrogens with one attached hydrogen (secondary N) is 2. The number of nitrogens with zero attached hydrogens (tertiary/aromatic N) is 4. The summed E-state index contributed by atoms with van der Waals surface area (Å²) in [5, 5.41) is 16.0. The van der Waals surface area contributed by atoms with Crippen LogP contribution in [0.1, 0.15) is 17.0 Å². The number of nitriles is 1. The van der Waals surface area contributed by atoms with Crippen LogP contribution in [0.2, 0.25) is 0 Å². The van der Waals surface area contributed by atoms with E-state index in [0.717, 1.165) is 22.8 Å². The third kappa shape index (κ3) is 3.67. The first-order chi connectivity index (χ1) is 13.8. The van der Waals surface area contributed by atoms with Gasteiger partial charge in [0.05, 0.1) is 13.8 Å². The van der Waals surface area contributed by atoms with Gasteiger partial charge < -0.3 is 20.3 Å². The van der Waals surface area contributed by atoms with Crippen LogP contribution in [-0.4, -0.2) is 23.7 Å². The predicted octanol–water partition coefficient (Wildman–Crippen LogP) is 3.36. The first-order valence-electron chi connectivity index (χ1n) is 8.98. The molecule has 0 saturated carbocycles. The summed E-state index contributed by atoms with van der Waals surface area (Å²) in [6.45, 7) is 1.91. The second-order valence-corrected chi connectivity index (χ2v) is 6.43. The van der Waals surface area contributed by atoms with Crippen LogP contribution in [0.5, 0.6) is 5.75 Å². The number of hydrogen-bond acceptors (Lipinski definition) is 7. The molecule has 4 rings (SSSR count). The number of rotatable bonds is 6. The first-order valence-corrected chi connectivity index (χ1v) is 8.98. The van der Waals surface area contributed by atoms with Gasteiger partial charge >= 0.3 is 0 Å². The Balaban J connectivity index is 1.56. The molecule has 7 heteroatoms. The van der Waals surface area contributed by atoms with Gasteiger partial charge in [-0.2, -0.15) is 15.2 Å². The van der Waals surface area contributed by atoms with Crippen molar-refractivity contribution >= 4 is 17.3 Å². The van der Waals surface area contributed by atoms with Crippen LogP contribution in [0, 0.1) is 11.3 Å². The molecule has 1 aliphatic rings. The number of hydrogen-bond donors (Lipinski definition) is 2. The molecule has 0 spiro atoms. The van der Waals surface area contributed by atoms with E-state index in [0.29, 0.717) is 25.6 Å². The average Bonchev–Trinajstić information content (AvgIpc) is 3.15. The Morgan fingerprint density at radius 3 is 2.61 bits per heavy atom. The lowest BCUT2D eigenvalue weighted by atomic mass is 10.2. The minimum Gasteiger partial charge on any atom is -0.497 e. The SMILES string of the molecule is COc1ccc(CNc2nc(C#N)nc3c2NCN3Cc2ccccc2)cc1. The van der Waals surface area contributed by atoms with E-state index in [1.165, 1.54) is 5.56 Å². The minimum absolute atomic E-state index is 0.151. The quantitative estimate of drug-likeness (QED) is 0.686. The van der Waals surface area contributed by atoms with Gasteiger partial charge in [-0.25, -0.2) is 0 Å². The van der Waals surface area contributed by atoms with Crippen LogP contribution < -0.4 is 20.3 Å². The molecule has 2 heterocycles. The maximum absolute atomic E-state index is 9.36. The fraction of sp³-hybridized carbons (Fsp3) is 0.190. The summed E-state index contributed by atoms with van der Waals surface area (Å²) in [6.07, 6.45) is 0. The number of aromatic nitrogens is 2. The van der Waals surface area contributed by atoms with Gasteiger partial charge in [0.25, 0.3) is 0 Å². The van der Waals surface area contributed by atoms with Gasteiger partial charge in [-0.3, -0.25) is 0 Å². The third-order valence-corrected chi connectivity index (χ3v) is 4.57. The first kappa shape index (κ1) is 17.6. The van der Waals surface area contributed by atoms with Crippen molar-refractivity contribution in [3.8, 4) is 11.8 Å². The van der Waals surface area contributed by atoms with E-state index in [2.05, 4.69) is 43.7 Å². The van der Waals surface area contributed by atoms with Gasteiger partial charge in [-0.15, -0.1) is 0 Å². The largest absolute Gasteiger partial charge is 0.497 e. The van der Waals surface area contributed by atoms with Gasteiger partial charge in [0.1, 0.15) is 17.5 Å². The van der Waals surface area contributed by atoms with Crippen molar-refractivity contribution in [1.82, 2.24) is 9.97 Å². The summed E-state index contributed by atoms with van der Waals surface area (Å²) in [4.78, 5) is 10.9. The van der Waals surface area contributed by atoms with Gasteiger partial charge in [-0.1, -0.05) is 42.5 Å². The molecule has 1 aliphatic heterocycles. The van der Waals surface area contributed by atoms with Gasteiger partial charge in [-0.05, 0) is 23.3 Å². The highest BCUT2D eigenvalue weighted by molar-refractivity contribution is 5.81. The molecule has 3 aromatic rings. The average molecular weight is 372 g/mol. The maximum atomic E-state index is 9.36. The highest BCUT2D eigenvalue weighted by Gasteiger charge is 2.25. The molecular weight excluding hydrogens is 352 g/mol. The molecule has 2 aromatic carbocycles. The molecule has 0 atom stereocenters. The van der Waals surface area contributed by atoms with Crippen LogP contribution in [0.15, 0.2) is 54.6 Å². The molecule has 0 saturated heterocycles. The van der Waals surface area contributed by atoms with Crippen LogP contribution in [0.25, 0.3) is 0 Å². The Labute approximate surface area is 163 Å². The van der Waals surface area contributed by atoms with E-state index in [-0.39, 0.29) is 5.82 Å². The van der Waals surface area contributed by atoms with Crippen molar-refractivity contribution in [2.45, 2.75) is 13.1 Å². The second kappa shape index (κ2) is 7.84. The molecule has 0 fully saturated rings. The zero-order chi connectivity index (χ0) is 19.3. The molecule has 0 bridgehead atoms. The molecular formula is C21H20N6O. The van der Waals surface area contributed by atoms with Crippen molar-refractivity contribution in [2.24, 2.45) is 0 Å². The fourth-order valence-electron chi connectivity index (χ4n) is 3.13. The predicted molar refractivity (Wildman–Crippen MR) is 108 cm³/mol. The van der Waals surface area contributed by atoms with Crippen LogP contribution in [-0.2, 0) is 13.1 Å². The smallest absolute Gasteiger partial charge is 0.236 e. The highest BCUT2D eigenvalue weighted by Crippen LogP contribution is 2.36. The van der Waals surface area contributed by atoms with E-state index in [4.69, 9.17) is 4.74 Å². The van der Waals surface area contributed by atoms with Crippen LogP contribution in [0.3, 0.4) is 0 Å². The van der Waals surface area contributed by atoms with Crippen molar-refractivity contribution in [3.05, 3.63) is 71.5 Å². The minimum atomic E-state index is 0.151. The number of benzene rings is 2. The molecule has 0 radical (unpaired) electrons. The zero-order valence-electron chi connectivity index (χ0n) is 15.5. The topological polar surface area (TPSA) is 86.1 Å². The number of methoxy groups -OCH3 is 1. The van der Waals surface area contributed by atoms with Crippen molar-refractivity contribution in [2.75, 3.05) is 29.3 Å². The van der Waals surface area contributed by atoms with Crippen LogP contribution in [0.4, 0.5) is 17.3 Å². The number of fused-ring (bicyclic) bond motifs is 1. The van der Waals surface area contributed by atoms with Gasteiger partial charge in [0.15, 0.2) is 11.6 Å². The van der Waals surface area contributed by atoms with E-state index >= 15 is 0 Å². The van der Waals surface area contributed by atoms with Gasteiger partial charge in [0, 0.05) is 13.1 Å². The van der Waals surface area contributed by atoms with E-state index in [9.17, 15) is 5.26 Å². The summed E-state index contributed by atoms with van der Waals surface area (Å²) in [6, 6.07) is 20.1. The van der Waals surface area contributed by atoms with E-state index in [1.807, 2.05) is 42.5 Å². The molecule has 0 amide bonds. The summed E-state index contributed by atoms with van der Waals surface area (Å²) in [7, 11) is 1.65. The molecule has 2 N–H and O–H groups in total. The maximum Gasteiger partial charge on any atom is 0.236 e. The Kier molecular flexibility index (Phi) is 4.93. The lowest BCUT2D eigenvalue weighted by molar-refractivity contribution is 0.414. The zero-order valence-corrected chi connectivity index (χ0v) is 15.5. The Morgan fingerprint density at radius 2 is 1.89 bits per heavy atom. The second-order valence-electron chi connectivity index (χ2n) is 6.43. The highest BCUT2D eigenvalue weighted by atomic mass is 16.5. The number of anilines is 3. The molecule has 0 aliphatic carbocycles. The molecule has 28 heavy (non-hydrogen) atoms. The van der Waals surface area contributed by atoms with Crippen molar-refractivity contribution in [3.63, 3.8) is 0 Å². The third-order valence-electron chi connectivity index (χ3n) is 4.57. The number of ether oxygens (including phenoxy) is 1. The monoisotopic (exact) mass is 372 g/mol. The fourth-order valence-corrected chi connectivity index (χ4v) is 3.13. The van der Waals surface area contributed by atoms with Gasteiger partial charge in [0.2, 0.25) is 5.82 Å². The lowest BCUT2D eigenvalue weighted by Crippen LogP contribution is -2.22. The Hall–Kier alpha value is -3.79. The molecule has 7 nitrogen and oxygen atoms in total. The standard InChI is InChI=1S/C21H20N6O/c1-28-17-9-7-15(8-10-17)12-23-20-19-21(26-18(11-22)25-20)27(14-24-19)13-16-5-3-2-4-6-16/h2-10,24H,12-14H2,1H3,(H,23,25,26). The molecule has 1 aromatic heterocycles. The van der Waals surface area contributed by atoms with E-state index in [1.54, 1.807) is 7.11 Å². The summed E-state index contributed by atoms with van der Waals surface area (Å²) in [5.41, 5.74) is 3.09. The molecule has 140 valence electrons. The Bertz CT molecular complexity index is 998. The van der Waals surface area contributed by atoms with Crippen molar-refractivity contribution in [1.29, 1.82) is 5.26 Å². The summed E-state index contributed by atoms with van der Waals surface area (Å²) in [5.74, 6) is 2.34. The Morgan fingerprint density at radius 1 is 1.11 bits per heavy atom. The lowest BCUT2D eigenvalue weighted by Gasteiger charge is -2.17. The van der Waals surface area contributed by atoms with Crippen LogP contribution >= 0.6 is 0 Å². The summed E-state index contributed by atoms with van der Waals surface area (Å²) >= 11 is 0. The van der Waals surface area contributed by atoms with Crippen molar-refractivity contribution < 1.29 is 4.74 Å².